The quantitative estimate of drug-likeness (QED) is 0.391. The summed E-state index contributed by atoms with van der Waals surface area (Å²) in [5.41, 5.74) is 0.748. The SMILES string of the molecule is CN=C(NCCCS(=O)(=O)c1ccccc1)NCc1ccccc1OC(C)(C)C. The second kappa shape index (κ2) is 10.3. The number of guanidine groups is 1. The van der Waals surface area contributed by atoms with E-state index in [-0.39, 0.29) is 11.4 Å². The van der Waals surface area contributed by atoms with Gasteiger partial charge in [0.15, 0.2) is 15.8 Å². The largest absolute Gasteiger partial charge is 0.488 e. The summed E-state index contributed by atoms with van der Waals surface area (Å²) in [6.07, 6.45) is 0.488. The Morgan fingerprint density at radius 1 is 1.00 bits per heavy atom. The van der Waals surface area contributed by atoms with Gasteiger partial charge in [-0.1, -0.05) is 36.4 Å². The fourth-order valence-electron chi connectivity index (χ4n) is 2.69. The molecule has 0 spiro atoms. The van der Waals surface area contributed by atoms with Gasteiger partial charge in [-0.25, -0.2) is 8.42 Å². The highest BCUT2D eigenvalue weighted by molar-refractivity contribution is 7.91. The highest BCUT2D eigenvalue weighted by Crippen LogP contribution is 2.22. The molecule has 0 aromatic heterocycles. The molecule has 158 valence electrons. The second-order valence-electron chi connectivity index (χ2n) is 7.66. The van der Waals surface area contributed by atoms with Crippen molar-refractivity contribution in [3.63, 3.8) is 0 Å². The lowest BCUT2D eigenvalue weighted by Gasteiger charge is -2.23. The Labute approximate surface area is 174 Å². The summed E-state index contributed by atoms with van der Waals surface area (Å²) in [7, 11) is -1.57. The van der Waals surface area contributed by atoms with Crippen LogP contribution >= 0.6 is 0 Å². The van der Waals surface area contributed by atoms with Gasteiger partial charge < -0.3 is 15.4 Å². The maximum absolute atomic E-state index is 12.3. The number of sulfone groups is 1. The number of benzene rings is 2. The van der Waals surface area contributed by atoms with E-state index in [1.807, 2.05) is 45.0 Å². The number of aliphatic imine (C=N–C) groups is 1. The van der Waals surface area contributed by atoms with E-state index in [1.54, 1.807) is 37.4 Å². The lowest BCUT2D eigenvalue weighted by molar-refractivity contribution is 0.129. The second-order valence-corrected chi connectivity index (χ2v) is 9.77. The minimum absolute atomic E-state index is 0.0866. The molecule has 6 nitrogen and oxygen atoms in total. The Bertz CT molecular complexity index is 904. The van der Waals surface area contributed by atoms with E-state index < -0.39 is 9.84 Å². The van der Waals surface area contributed by atoms with Crippen LogP contribution in [0.15, 0.2) is 64.5 Å². The molecule has 2 aromatic rings. The van der Waals surface area contributed by atoms with Crippen LogP contribution in [0.25, 0.3) is 0 Å². The van der Waals surface area contributed by atoms with Crippen LogP contribution in [-0.4, -0.2) is 39.3 Å². The molecule has 0 radical (unpaired) electrons. The minimum atomic E-state index is -3.26. The molecular formula is C22H31N3O3S. The molecule has 0 bridgehead atoms. The van der Waals surface area contributed by atoms with Gasteiger partial charge in [-0.2, -0.15) is 0 Å². The van der Waals surface area contributed by atoms with E-state index in [9.17, 15) is 8.42 Å². The number of hydrogen-bond donors (Lipinski definition) is 2. The molecule has 0 aliphatic rings. The zero-order valence-corrected chi connectivity index (χ0v) is 18.4. The molecule has 0 aliphatic heterocycles. The van der Waals surface area contributed by atoms with E-state index in [1.165, 1.54) is 0 Å². The average Bonchev–Trinajstić information content (AvgIpc) is 2.68. The maximum atomic E-state index is 12.3. The van der Waals surface area contributed by atoms with Crippen molar-refractivity contribution in [2.24, 2.45) is 4.99 Å². The van der Waals surface area contributed by atoms with E-state index in [4.69, 9.17) is 4.74 Å². The van der Waals surface area contributed by atoms with Gasteiger partial charge in [-0.05, 0) is 45.4 Å². The molecule has 0 unspecified atom stereocenters. The Hall–Kier alpha value is -2.54. The number of nitrogens with one attached hydrogen (secondary N) is 2. The molecule has 0 atom stereocenters. The Kier molecular flexibility index (Phi) is 8.08. The van der Waals surface area contributed by atoms with Crippen molar-refractivity contribution in [3.8, 4) is 5.75 Å². The lowest BCUT2D eigenvalue weighted by atomic mass is 10.1. The smallest absolute Gasteiger partial charge is 0.191 e. The normalized spacial score (nSPS) is 12.5. The van der Waals surface area contributed by atoms with Crippen LogP contribution in [0.4, 0.5) is 0 Å². The summed E-state index contributed by atoms with van der Waals surface area (Å²) in [6, 6.07) is 16.4. The molecule has 0 saturated heterocycles. The molecule has 0 heterocycles. The number of hydrogen-bond acceptors (Lipinski definition) is 4. The first-order valence-electron chi connectivity index (χ1n) is 9.70. The van der Waals surface area contributed by atoms with Crippen LogP contribution in [0.2, 0.25) is 0 Å². The first-order chi connectivity index (χ1) is 13.7. The molecule has 2 rings (SSSR count). The molecule has 0 fully saturated rings. The van der Waals surface area contributed by atoms with Crippen LogP contribution in [0.3, 0.4) is 0 Å². The van der Waals surface area contributed by atoms with E-state index in [0.717, 1.165) is 11.3 Å². The molecular weight excluding hydrogens is 386 g/mol. The Morgan fingerprint density at radius 3 is 2.31 bits per heavy atom. The first-order valence-corrected chi connectivity index (χ1v) is 11.4. The van der Waals surface area contributed by atoms with Crippen molar-refractivity contribution < 1.29 is 13.2 Å². The van der Waals surface area contributed by atoms with Gasteiger partial charge in [0.1, 0.15) is 11.4 Å². The number of nitrogens with zero attached hydrogens (tertiary/aromatic N) is 1. The van der Waals surface area contributed by atoms with Crippen molar-refractivity contribution in [2.75, 3.05) is 19.3 Å². The monoisotopic (exact) mass is 417 g/mol. The fraction of sp³-hybridized carbons (Fsp3) is 0.409. The summed E-state index contributed by atoms with van der Waals surface area (Å²) in [5, 5.41) is 6.42. The molecule has 7 heteroatoms. The number of para-hydroxylation sites is 1. The van der Waals surface area contributed by atoms with E-state index in [0.29, 0.717) is 30.4 Å². The highest BCUT2D eigenvalue weighted by Gasteiger charge is 2.15. The standard InChI is InChI=1S/C22H31N3O3S/c1-22(2,3)28-20-14-9-8-11-18(20)17-25-21(23-4)24-15-10-16-29(26,27)19-12-6-5-7-13-19/h5-9,11-14H,10,15-17H2,1-4H3,(H2,23,24,25). The van der Waals surface area contributed by atoms with Gasteiger partial charge in [0.25, 0.3) is 0 Å². The van der Waals surface area contributed by atoms with Crippen molar-refractivity contribution in [3.05, 3.63) is 60.2 Å². The Balaban J connectivity index is 1.83. The summed E-state index contributed by atoms with van der Waals surface area (Å²) in [4.78, 5) is 4.56. The lowest BCUT2D eigenvalue weighted by Crippen LogP contribution is -2.38. The zero-order chi connectivity index (χ0) is 21.3. The van der Waals surface area contributed by atoms with Crippen LogP contribution < -0.4 is 15.4 Å². The summed E-state index contributed by atoms with van der Waals surface area (Å²) >= 11 is 0. The average molecular weight is 418 g/mol. The van der Waals surface area contributed by atoms with Gasteiger partial charge in [0.05, 0.1) is 10.6 Å². The Morgan fingerprint density at radius 2 is 1.66 bits per heavy atom. The number of rotatable bonds is 8. The topological polar surface area (TPSA) is 79.8 Å². The van der Waals surface area contributed by atoms with Crippen LogP contribution in [0, 0.1) is 0 Å². The summed E-state index contributed by atoms with van der Waals surface area (Å²) < 4.78 is 30.7. The predicted octanol–water partition coefficient (Wildman–Crippen LogP) is 3.39. The molecule has 0 amide bonds. The summed E-state index contributed by atoms with van der Waals surface area (Å²) in [6.45, 7) is 7.10. The van der Waals surface area contributed by atoms with Gasteiger partial charge >= 0.3 is 0 Å². The van der Waals surface area contributed by atoms with Crippen molar-refractivity contribution in [1.82, 2.24) is 10.6 Å². The third-order valence-corrected chi connectivity index (χ3v) is 5.86. The predicted molar refractivity (Wildman–Crippen MR) is 118 cm³/mol. The van der Waals surface area contributed by atoms with Crippen molar-refractivity contribution >= 4 is 15.8 Å². The van der Waals surface area contributed by atoms with Gasteiger partial charge in [-0.3, -0.25) is 4.99 Å². The van der Waals surface area contributed by atoms with Gasteiger partial charge in [0, 0.05) is 25.7 Å². The van der Waals surface area contributed by atoms with Crippen LogP contribution in [0.5, 0.6) is 5.75 Å². The zero-order valence-electron chi connectivity index (χ0n) is 17.6. The van der Waals surface area contributed by atoms with Crippen molar-refractivity contribution in [1.29, 1.82) is 0 Å². The maximum Gasteiger partial charge on any atom is 0.191 e. The molecule has 0 aliphatic carbocycles. The highest BCUT2D eigenvalue weighted by atomic mass is 32.2. The summed E-state index contributed by atoms with van der Waals surface area (Å²) in [5.74, 6) is 1.54. The minimum Gasteiger partial charge on any atom is -0.488 e. The van der Waals surface area contributed by atoms with E-state index >= 15 is 0 Å². The number of ether oxygens (including phenoxy) is 1. The molecule has 2 N–H and O–H groups in total. The van der Waals surface area contributed by atoms with Gasteiger partial charge in [-0.15, -0.1) is 0 Å². The van der Waals surface area contributed by atoms with Crippen LogP contribution in [-0.2, 0) is 16.4 Å². The molecule has 29 heavy (non-hydrogen) atoms. The van der Waals surface area contributed by atoms with Crippen LogP contribution in [0.1, 0.15) is 32.8 Å². The fourth-order valence-corrected chi connectivity index (χ4v) is 4.03. The third kappa shape index (κ3) is 7.77. The van der Waals surface area contributed by atoms with Gasteiger partial charge in [0.2, 0.25) is 0 Å². The third-order valence-electron chi connectivity index (χ3n) is 4.04. The first kappa shape index (κ1) is 22.7. The molecule has 2 aromatic carbocycles. The molecule has 0 saturated carbocycles. The van der Waals surface area contributed by atoms with E-state index in [2.05, 4.69) is 15.6 Å². The van der Waals surface area contributed by atoms with Crippen molar-refractivity contribution in [2.45, 2.75) is 44.2 Å².